The maximum atomic E-state index is 14.9. The molecule has 2 N–H and O–H groups in total. The van der Waals surface area contributed by atoms with E-state index < -0.39 is 11.7 Å². The molecule has 0 saturated heterocycles. The first-order valence-corrected chi connectivity index (χ1v) is 12.9. The zero-order valence-electron chi connectivity index (χ0n) is 21.2. The van der Waals surface area contributed by atoms with Crippen LogP contribution in [0.1, 0.15) is 47.4 Å². The van der Waals surface area contributed by atoms with Gasteiger partial charge in [0, 0.05) is 17.7 Å². The van der Waals surface area contributed by atoms with Crippen LogP contribution in [0.5, 0.6) is 5.75 Å². The predicted molar refractivity (Wildman–Crippen MR) is 146 cm³/mol. The van der Waals surface area contributed by atoms with Crippen molar-refractivity contribution in [2.75, 3.05) is 4.90 Å². The van der Waals surface area contributed by atoms with Gasteiger partial charge in [0.2, 0.25) is 0 Å². The summed E-state index contributed by atoms with van der Waals surface area (Å²) in [7, 11) is 0. The van der Waals surface area contributed by atoms with Crippen LogP contribution in [-0.4, -0.2) is 5.78 Å². The normalized spacial score (nSPS) is 17.4. The molecule has 0 fully saturated rings. The van der Waals surface area contributed by atoms with Gasteiger partial charge in [0.25, 0.3) is 0 Å². The van der Waals surface area contributed by atoms with Crippen LogP contribution in [0.4, 0.5) is 10.1 Å². The number of nitrogens with zero attached hydrogens (tertiary/aromatic N) is 2. The number of carbonyl (C=O) groups is 1. The van der Waals surface area contributed by atoms with Gasteiger partial charge in [0.05, 0.1) is 28.3 Å². The SMILES string of the molecule is Cc1cc(COc2ccccc2Cl)c(C)c(C2C(C#N)=C(N)N(c3ccccc3F)C3=C2C(=O)CCC3)c1. The maximum Gasteiger partial charge on any atom is 0.161 e. The van der Waals surface area contributed by atoms with Crippen LogP contribution in [0.2, 0.25) is 5.02 Å². The van der Waals surface area contributed by atoms with Crippen molar-refractivity contribution in [3.05, 3.63) is 116 Å². The van der Waals surface area contributed by atoms with Crippen LogP contribution >= 0.6 is 11.6 Å². The standard InChI is InChI=1S/C31H27ClFN3O2/c1-18-14-20(17-38-28-13-6-3-8-23(28)32)19(2)21(15-18)29-22(16-34)31(35)36(25-10-5-4-9-24(25)33)26-11-7-12-27(37)30(26)29/h3-6,8-10,13-15,29H,7,11-12,17,35H2,1-2H3. The number of aryl methyl sites for hydroxylation is 1. The summed E-state index contributed by atoms with van der Waals surface area (Å²) in [5, 5.41) is 10.9. The van der Waals surface area contributed by atoms with Crippen LogP contribution in [0.15, 0.2) is 83.3 Å². The van der Waals surface area contributed by atoms with Gasteiger partial charge in [-0.1, -0.05) is 53.6 Å². The molecule has 1 aliphatic carbocycles. The summed E-state index contributed by atoms with van der Waals surface area (Å²) in [5.41, 5.74) is 11.8. The van der Waals surface area contributed by atoms with E-state index in [-0.39, 0.29) is 29.5 Å². The Labute approximate surface area is 226 Å². The molecule has 1 aliphatic heterocycles. The van der Waals surface area contributed by atoms with Gasteiger partial charge in [0.1, 0.15) is 24.0 Å². The average molecular weight is 528 g/mol. The summed E-state index contributed by atoms with van der Waals surface area (Å²) < 4.78 is 21.0. The van der Waals surface area contributed by atoms with Crippen molar-refractivity contribution in [3.63, 3.8) is 0 Å². The highest BCUT2D eigenvalue weighted by atomic mass is 35.5. The number of nitrogens with two attached hydrogens (primary N) is 1. The average Bonchev–Trinajstić information content (AvgIpc) is 2.90. The lowest BCUT2D eigenvalue weighted by atomic mass is 9.73. The zero-order chi connectivity index (χ0) is 27.0. The van der Waals surface area contributed by atoms with E-state index in [0.29, 0.717) is 41.3 Å². The molecule has 3 aromatic rings. The van der Waals surface area contributed by atoms with Gasteiger partial charge >= 0.3 is 0 Å². The number of Topliss-reactive ketones (excluding diaryl/α,β-unsaturated/α-hetero) is 1. The summed E-state index contributed by atoms with van der Waals surface area (Å²) in [5.74, 6) is -0.450. The first-order valence-electron chi connectivity index (χ1n) is 12.5. The van der Waals surface area contributed by atoms with Gasteiger partial charge in [-0.2, -0.15) is 5.26 Å². The Hall–Kier alpha value is -4.08. The number of rotatable bonds is 5. The van der Waals surface area contributed by atoms with E-state index in [1.54, 1.807) is 29.2 Å². The molecule has 0 bridgehead atoms. The first-order chi connectivity index (χ1) is 18.3. The smallest absolute Gasteiger partial charge is 0.161 e. The Morgan fingerprint density at radius 2 is 1.87 bits per heavy atom. The van der Waals surface area contributed by atoms with Gasteiger partial charge in [-0.25, -0.2) is 4.39 Å². The van der Waals surface area contributed by atoms with E-state index in [0.717, 1.165) is 22.3 Å². The molecule has 0 aromatic heterocycles. The Kier molecular flexibility index (Phi) is 6.96. The predicted octanol–water partition coefficient (Wildman–Crippen LogP) is 6.98. The van der Waals surface area contributed by atoms with Gasteiger partial charge < -0.3 is 10.5 Å². The molecule has 38 heavy (non-hydrogen) atoms. The molecule has 0 amide bonds. The van der Waals surface area contributed by atoms with Crippen molar-refractivity contribution < 1.29 is 13.9 Å². The van der Waals surface area contributed by atoms with Crippen molar-refractivity contribution in [2.24, 2.45) is 5.73 Å². The Morgan fingerprint density at radius 3 is 2.61 bits per heavy atom. The van der Waals surface area contributed by atoms with Crippen molar-refractivity contribution in [1.82, 2.24) is 0 Å². The minimum absolute atomic E-state index is 0.0485. The Bertz CT molecular complexity index is 1550. The number of para-hydroxylation sites is 2. The van der Waals surface area contributed by atoms with Crippen molar-refractivity contribution in [2.45, 2.75) is 45.6 Å². The summed E-state index contributed by atoms with van der Waals surface area (Å²) in [6.45, 7) is 4.19. The molecule has 0 saturated carbocycles. The molecule has 7 heteroatoms. The number of ether oxygens (including phenoxy) is 1. The summed E-state index contributed by atoms with van der Waals surface area (Å²) >= 11 is 6.28. The van der Waals surface area contributed by atoms with E-state index in [1.165, 1.54) is 6.07 Å². The molecular formula is C31H27ClFN3O2. The number of carbonyl (C=O) groups excluding carboxylic acids is 1. The van der Waals surface area contributed by atoms with E-state index in [9.17, 15) is 14.4 Å². The number of hydrogen-bond acceptors (Lipinski definition) is 5. The summed E-state index contributed by atoms with van der Waals surface area (Å²) in [4.78, 5) is 15.0. The summed E-state index contributed by atoms with van der Waals surface area (Å²) in [6, 6.07) is 19.8. The van der Waals surface area contributed by atoms with Gasteiger partial charge in [0.15, 0.2) is 5.78 Å². The highest BCUT2D eigenvalue weighted by Gasteiger charge is 2.41. The molecule has 192 valence electrons. The minimum Gasteiger partial charge on any atom is -0.487 e. The van der Waals surface area contributed by atoms with Crippen molar-refractivity contribution in [1.29, 1.82) is 5.26 Å². The van der Waals surface area contributed by atoms with Crippen LogP contribution in [-0.2, 0) is 11.4 Å². The van der Waals surface area contributed by atoms with E-state index >= 15 is 0 Å². The molecule has 3 aromatic carbocycles. The van der Waals surface area contributed by atoms with Crippen LogP contribution < -0.4 is 15.4 Å². The minimum atomic E-state index is -0.648. The number of ketones is 1. The second kappa shape index (κ2) is 10.4. The van der Waals surface area contributed by atoms with Crippen LogP contribution in [0.3, 0.4) is 0 Å². The number of nitriles is 1. The molecule has 5 rings (SSSR count). The second-order valence-corrected chi connectivity index (χ2v) is 10.0. The van der Waals surface area contributed by atoms with E-state index in [4.69, 9.17) is 22.1 Å². The molecule has 0 spiro atoms. The zero-order valence-corrected chi connectivity index (χ0v) is 22.0. The Morgan fingerprint density at radius 1 is 1.13 bits per heavy atom. The molecule has 1 unspecified atom stereocenters. The van der Waals surface area contributed by atoms with Crippen molar-refractivity contribution >= 4 is 23.1 Å². The van der Waals surface area contributed by atoms with Gasteiger partial charge in [-0.15, -0.1) is 0 Å². The maximum absolute atomic E-state index is 14.9. The molecule has 2 aliphatic rings. The van der Waals surface area contributed by atoms with Gasteiger partial charge in [-0.05, 0) is 67.6 Å². The van der Waals surface area contributed by atoms with Crippen LogP contribution in [0, 0.1) is 31.0 Å². The molecule has 5 nitrogen and oxygen atoms in total. The third-order valence-electron chi connectivity index (χ3n) is 7.24. The van der Waals surface area contributed by atoms with Crippen LogP contribution in [0.25, 0.3) is 0 Å². The lowest BCUT2D eigenvalue weighted by molar-refractivity contribution is -0.116. The third-order valence-corrected chi connectivity index (χ3v) is 7.55. The topological polar surface area (TPSA) is 79.3 Å². The number of benzene rings is 3. The fraction of sp³-hybridized carbons (Fsp3) is 0.226. The van der Waals surface area contributed by atoms with Crippen molar-refractivity contribution in [3.8, 4) is 11.8 Å². The fourth-order valence-corrected chi connectivity index (χ4v) is 5.63. The lowest BCUT2D eigenvalue weighted by Crippen LogP contribution is -2.39. The Balaban J connectivity index is 1.65. The lowest BCUT2D eigenvalue weighted by Gasteiger charge is -2.40. The fourth-order valence-electron chi connectivity index (χ4n) is 5.44. The molecular weight excluding hydrogens is 501 g/mol. The quantitative estimate of drug-likeness (QED) is 0.387. The number of allylic oxidation sites excluding steroid dienone is 3. The molecule has 0 radical (unpaired) electrons. The molecule has 1 atom stereocenters. The largest absolute Gasteiger partial charge is 0.487 e. The first kappa shape index (κ1) is 25.6. The third kappa shape index (κ3) is 4.44. The summed E-state index contributed by atoms with van der Waals surface area (Å²) in [6.07, 6.45) is 1.55. The second-order valence-electron chi connectivity index (χ2n) is 9.63. The number of hydrogen-bond donors (Lipinski definition) is 1. The highest BCUT2D eigenvalue weighted by molar-refractivity contribution is 6.32. The monoisotopic (exact) mass is 527 g/mol. The highest BCUT2D eigenvalue weighted by Crippen LogP contribution is 2.47. The van der Waals surface area contributed by atoms with Gasteiger partial charge in [-0.3, -0.25) is 9.69 Å². The van der Waals surface area contributed by atoms with E-state index in [1.807, 2.05) is 44.2 Å². The molecule has 1 heterocycles. The van der Waals surface area contributed by atoms with E-state index in [2.05, 4.69) is 6.07 Å². The number of halogens is 2. The number of anilines is 1.